The third-order valence-corrected chi connectivity index (χ3v) is 3.78. The predicted molar refractivity (Wildman–Crippen MR) is 64.8 cm³/mol. The lowest BCUT2D eigenvalue weighted by atomic mass is 9.97. The highest BCUT2D eigenvalue weighted by atomic mass is 16.5. The van der Waals surface area contributed by atoms with Crippen LogP contribution in [0, 0.1) is 5.92 Å². The summed E-state index contributed by atoms with van der Waals surface area (Å²) in [5.74, 6) is 0.0107. The number of piperidine rings is 1. The van der Waals surface area contributed by atoms with Gasteiger partial charge >= 0.3 is 5.97 Å². The fourth-order valence-corrected chi connectivity index (χ4v) is 2.82. The molecule has 2 saturated heterocycles. The molecule has 0 aromatic rings. The molecular formula is C13H23NO3. The highest BCUT2D eigenvalue weighted by Crippen LogP contribution is 2.20. The molecule has 2 rings (SSSR count). The van der Waals surface area contributed by atoms with Crippen LogP contribution in [0.15, 0.2) is 0 Å². The van der Waals surface area contributed by atoms with Gasteiger partial charge in [0.2, 0.25) is 0 Å². The second-order valence-electron chi connectivity index (χ2n) is 5.11. The average molecular weight is 241 g/mol. The predicted octanol–water partition coefficient (Wildman–Crippen LogP) is 1.44. The number of esters is 1. The van der Waals surface area contributed by atoms with Gasteiger partial charge in [0, 0.05) is 19.7 Å². The largest absolute Gasteiger partial charge is 0.469 e. The molecule has 0 spiro atoms. The van der Waals surface area contributed by atoms with Crippen LogP contribution in [0.25, 0.3) is 0 Å². The van der Waals surface area contributed by atoms with Crippen molar-refractivity contribution in [2.45, 2.75) is 38.2 Å². The second kappa shape index (κ2) is 6.36. The maximum absolute atomic E-state index is 11.5. The van der Waals surface area contributed by atoms with Crippen LogP contribution in [0.3, 0.4) is 0 Å². The van der Waals surface area contributed by atoms with Crippen LogP contribution in [-0.4, -0.2) is 50.3 Å². The Morgan fingerprint density at radius 3 is 2.94 bits per heavy atom. The number of nitrogens with zero attached hydrogens (tertiary/aromatic N) is 1. The molecule has 0 saturated carbocycles. The average Bonchev–Trinajstić information content (AvgIpc) is 2.39. The van der Waals surface area contributed by atoms with Crippen LogP contribution in [0.1, 0.15) is 32.1 Å². The van der Waals surface area contributed by atoms with Crippen molar-refractivity contribution in [3.8, 4) is 0 Å². The van der Waals surface area contributed by atoms with E-state index in [1.54, 1.807) is 0 Å². The van der Waals surface area contributed by atoms with E-state index in [1.807, 2.05) is 0 Å². The van der Waals surface area contributed by atoms with Gasteiger partial charge in [-0.1, -0.05) is 0 Å². The summed E-state index contributed by atoms with van der Waals surface area (Å²) in [4.78, 5) is 13.9. The van der Waals surface area contributed by atoms with Crippen molar-refractivity contribution in [1.29, 1.82) is 0 Å². The van der Waals surface area contributed by atoms with Crippen molar-refractivity contribution in [2.24, 2.45) is 5.92 Å². The van der Waals surface area contributed by atoms with E-state index in [0.29, 0.717) is 6.10 Å². The molecule has 2 aliphatic rings. The number of rotatable bonds is 3. The SMILES string of the molecule is COC(=O)[C@H]1CCCN(CC2CCCCO2)C1. The molecule has 4 heteroatoms. The first-order valence-electron chi connectivity index (χ1n) is 6.71. The summed E-state index contributed by atoms with van der Waals surface area (Å²) in [5, 5.41) is 0. The Morgan fingerprint density at radius 1 is 1.35 bits per heavy atom. The third-order valence-electron chi connectivity index (χ3n) is 3.78. The van der Waals surface area contributed by atoms with E-state index in [1.165, 1.54) is 26.4 Å². The normalized spacial score (nSPS) is 31.1. The zero-order chi connectivity index (χ0) is 12.1. The van der Waals surface area contributed by atoms with Crippen molar-refractivity contribution in [3.63, 3.8) is 0 Å². The molecule has 4 nitrogen and oxygen atoms in total. The first-order chi connectivity index (χ1) is 8.29. The number of methoxy groups -OCH3 is 1. The third kappa shape index (κ3) is 3.68. The minimum Gasteiger partial charge on any atom is -0.469 e. The van der Waals surface area contributed by atoms with E-state index in [0.717, 1.165) is 39.1 Å². The lowest BCUT2D eigenvalue weighted by Crippen LogP contribution is -2.43. The Hall–Kier alpha value is -0.610. The summed E-state index contributed by atoms with van der Waals surface area (Å²) in [6.07, 6.45) is 6.07. The molecule has 0 amide bonds. The van der Waals surface area contributed by atoms with Gasteiger partial charge in [-0.05, 0) is 38.6 Å². The van der Waals surface area contributed by atoms with Gasteiger partial charge in [-0.2, -0.15) is 0 Å². The molecule has 0 N–H and O–H groups in total. The van der Waals surface area contributed by atoms with E-state index in [2.05, 4.69) is 4.90 Å². The van der Waals surface area contributed by atoms with Gasteiger partial charge in [-0.15, -0.1) is 0 Å². The molecule has 98 valence electrons. The Bertz CT molecular complexity index is 251. The van der Waals surface area contributed by atoms with Gasteiger partial charge in [0.1, 0.15) is 0 Å². The Morgan fingerprint density at radius 2 is 2.24 bits per heavy atom. The number of carbonyl (C=O) groups excluding carboxylic acids is 1. The number of carbonyl (C=O) groups is 1. The number of hydrogen-bond donors (Lipinski definition) is 0. The molecule has 2 aliphatic heterocycles. The standard InChI is InChI=1S/C13H23NO3/c1-16-13(15)11-5-4-7-14(9-11)10-12-6-2-3-8-17-12/h11-12H,2-10H2,1H3/t11-,12?/m0/s1. The quantitative estimate of drug-likeness (QED) is 0.701. The summed E-state index contributed by atoms with van der Waals surface area (Å²) in [5.41, 5.74) is 0. The molecule has 2 heterocycles. The van der Waals surface area contributed by atoms with E-state index in [-0.39, 0.29) is 11.9 Å². The molecule has 0 aromatic carbocycles. The number of hydrogen-bond acceptors (Lipinski definition) is 4. The molecule has 1 unspecified atom stereocenters. The van der Waals surface area contributed by atoms with Crippen molar-refractivity contribution in [3.05, 3.63) is 0 Å². The molecule has 0 radical (unpaired) electrons. The van der Waals surface area contributed by atoms with Gasteiger partial charge in [-0.3, -0.25) is 9.69 Å². The zero-order valence-corrected chi connectivity index (χ0v) is 10.7. The maximum atomic E-state index is 11.5. The van der Waals surface area contributed by atoms with Crippen LogP contribution in [0.5, 0.6) is 0 Å². The van der Waals surface area contributed by atoms with Crippen LogP contribution < -0.4 is 0 Å². The van der Waals surface area contributed by atoms with Crippen LogP contribution >= 0.6 is 0 Å². The van der Waals surface area contributed by atoms with Gasteiger partial charge < -0.3 is 9.47 Å². The minimum absolute atomic E-state index is 0.0562. The van der Waals surface area contributed by atoms with Crippen molar-refractivity contribution >= 4 is 5.97 Å². The van der Waals surface area contributed by atoms with Gasteiger partial charge in [0.15, 0.2) is 0 Å². The van der Waals surface area contributed by atoms with Crippen molar-refractivity contribution < 1.29 is 14.3 Å². The van der Waals surface area contributed by atoms with Crippen molar-refractivity contribution in [1.82, 2.24) is 4.90 Å². The van der Waals surface area contributed by atoms with Gasteiger partial charge in [0.25, 0.3) is 0 Å². The lowest BCUT2D eigenvalue weighted by molar-refractivity contribution is -0.147. The molecule has 2 fully saturated rings. The fourth-order valence-electron chi connectivity index (χ4n) is 2.82. The summed E-state index contributed by atoms with van der Waals surface area (Å²) in [7, 11) is 1.48. The maximum Gasteiger partial charge on any atom is 0.309 e. The summed E-state index contributed by atoms with van der Waals surface area (Å²) in [6, 6.07) is 0. The topological polar surface area (TPSA) is 38.8 Å². The smallest absolute Gasteiger partial charge is 0.309 e. The monoisotopic (exact) mass is 241 g/mol. The summed E-state index contributed by atoms with van der Waals surface area (Å²) >= 11 is 0. The Balaban J connectivity index is 1.78. The number of likely N-dealkylation sites (tertiary alicyclic amines) is 1. The first-order valence-corrected chi connectivity index (χ1v) is 6.71. The Labute approximate surface area is 103 Å². The van der Waals surface area contributed by atoms with E-state index in [9.17, 15) is 4.79 Å². The number of ether oxygens (including phenoxy) is 2. The van der Waals surface area contributed by atoms with Crippen molar-refractivity contribution in [2.75, 3.05) is 33.4 Å². The Kier molecular flexibility index (Phi) is 4.80. The molecule has 0 aromatic heterocycles. The van der Waals surface area contributed by atoms with Gasteiger partial charge in [-0.25, -0.2) is 0 Å². The molecular weight excluding hydrogens is 218 g/mol. The molecule has 2 atom stereocenters. The summed E-state index contributed by atoms with van der Waals surface area (Å²) < 4.78 is 10.6. The van der Waals surface area contributed by atoms with E-state index < -0.39 is 0 Å². The molecule has 0 bridgehead atoms. The highest BCUT2D eigenvalue weighted by molar-refractivity contribution is 5.72. The fraction of sp³-hybridized carbons (Fsp3) is 0.923. The van der Waals surface area contributed by atoms with Crippen LogP contribution in [-0.2, 0) is 14.3 Å². The van der Waals surface area contributed by atoms with Crippen LogP contribution in [0.2, 0.25) is 0 Å². The zero-order valence-electron chi connectivity index (χ0n) is 10.7. The van der Waals surface area contributed by atoms with Crippen LogP contribution in [0.4, 0.5) is 0 Å². The van der Waals surface area contributed by atoms with E-state index >= 15 is 0 Å². The lowest BCUT2D eigenvalue weighted by Gasteiger charge is -2.34. The highest BCUT2D eigenvalue weighted by Gasteiger charge is 2.28. The molecule has 17 heavy (non-hydrogen) atoms. The second-order valence-corrected chi connectivity index (χ2v) is 5.11. The van der Waals surface area contributed by atoms with E-state index in [4.69, 9.17) is 9.47 Å². The summed E-state index contributed by atoms with van der Waals surface area (Å²) in [6.45, 7) is 3.81. The first kappa shape index (κ1) is 12.8. The minimum atomic E-state index is -0.0562. The molecule has 0 aliphatic carbocycles. The van der Waals surface area contributed by atoms with Gasteiger partial charge in [0.05, 0.1) is 19.1 Å².